The molecule has 154 valence electrons. The summed E-state index contributed by atoms with van der Waals surface area (Å²) in [4.78, 5) is 14.0. The van der Waals surface area contributed by atoms with E-state index in [1.807, 2.05) is 24.3 Å². The topological polar surface area (TPSA) is 140 Å². The number of thiol groups is 1. The highest BCUT2D eigenvalue weighted by Gasteiger charge is 2.44. The number of imidazole rings is 1. The number of nitrogens with two attached hydrogens (primary N) is 1. The summed E-state index contributed by atoms with van der Waals surface area (Å²) in [5, 5.41) is 30.1. The first-order chi connectivity index (χ1) is 14.0. The molecule has 9 nitrogen and oxygen atoms in total. The maximum absolute atomic E-state index is 10.3. The fraction of sp³-hybridized carbons (Fsp3) is 0.389. The molecule has 3 aromatic rings. The third kappa shape index (κ3) is 4.06. The van der Waals surface area contributed by atoms with Crippen LogP contribution in [0.15, 0.2) is 40.6 Å². The molecule has 0 saturated carbocycles. The van der Waals surface area contributed by atoms with E-state index in [0.29, 0.717) is 16.3 Å². The lowest BCUT2D eigenvalue weighted by Gasteiger charge is -2.16. The Balaban J connectivity index is 1.54. The number of aliphatic hydroxyl groups excluding tert-OH is 3. The van der Waals surface area contributed by atoms with Crippen LogP contribution in [0.3, 0.4) is 0 Å². The predicted molar refractivity (Wildman–Crippen MR) is 111 cm³/mol. The molecule has 1 fully saturated rings. The van der Waals surface area contributed by atoms with Crippen molar-refractivity contribution in [3.8, 4) is 0 Å². The van der Waals surface area contributed by atoms with Gasteiger partial charge < -0.3 is 25.8 Å². The molecule has 4 rings (SSSR count). The van der Waals surface area contributed by atoms with E-state index in [4.69, 9.17) is 10.5 Å². The highest BCUT2D eigenvalue weighted by atomic mass is 32.2. The molecular formula is C18H21N5O4S2. The molecule has 0 spiro atoms. The second-order valence-corrected chi connectivity index (χ2v) is 8.29. The van der Waals surface area contributed by atoms with Gasteiger partial charge >= 0.3 is 0 Å². The van der Waals surface area contributed by atoms with Crippen LogP contribution in [0.4, 0.5) is 5.82 Å². The monoisotopic (exact) mass is 435 g/mol. The smallest absolute Gasteiger partial charge is 0.191 e. The van der Waals surface area contributed by atoms with Crippen LogP contribution in [0.5, 0.6) is 0 Å². The summed E-state index contributed by atoms with van der Waals surface area (Å²) in [6, 6.07) is 7.95. The van der Waals surface area contributed by atoms with Crippen molar-refractivity contribution in [1.82, 2.24) is 19.5 Å². The molecule has 29 heavy (non-hydrogen) atoms. The Kier molecular flexibility index (Phi) is 5.95. The van der Waals surface area contributed by atoms with Crippen LogP contribution in [0.1, 0.15) is 11.8 Å². The molecule has 1 aliphatic rings. The minimum absolute atomic E-state index is 0.224. The number of hydrogen-bond acceptors (Lipinski definition) is 10. The number of ether oxygens (including phenoxy) is 1. The van der Waals surface area contributed by atoms with Gasteiger partial charge in [0, 0.05) is 10.6 Å². The lowest BCUT2D eigenvalue weighted by atomic mass is 10.1. The van der Waals surface area contributed by atoms with E-state index in [9.17, 15) is 15.3 Å². The summed E-state index contributed by atoms with van der Waals surface area (Å²) in [5.41, 5.74) is 8.01. The van der Waals surface area contributed by atoms with Gasteiger partial charge in [0.1, 0.15) is 23.8 Å². The Labute approximate surface area is 176 Å². The Morgan fingerprint density at radius 1 is 1.17 bits per heavy atom. The maximum Gasteiger partial charge on any atom is 0.191 e. The summed E-state index contributed by atoms with van der Waals surface area (Å²) >= 11 is 5.74. The number of rotatable bonds is 6. The zero-order chi connectivity index (χ0) is 20.5. The van der Waals surface area contributed by atoms with E-state index in [0.717, 1.165) is 17.1 Å². The SMILES string of the molecule is Nc1nc(SCCc2ccc(S)cc2)nc2c1ncn2[C@@H]1O[C@H](CO)[C@@H](O)[C@H]1O. The van der Waals surface area contributed by atoms with E-state index in [-0.39, 0.29) is 5.82 Å². The predicted octanol–water partition coefficient (Wildman–Crippen LogP) is 0.643. The number of hydrogen-bond donors (Lipinski definition) is 5. The van der Waals surface area contributed by atoms with Gasteiger partial charge in [-0.2, -0.15) is 0 Å². The first kappa shape index (κ1) is 20.4. The van der Waals surface area contributed by atoms with Gasteiger partial charge in [0.05, 0.1) is 12.9 Å². The molecule has 5 N–H and O–H groups in total. The molecular weight excluding hydrogens is 414 g/mol. The zero-order valence-corrected chi connectivity index (χ0v) is 17.0. The minimum Gasteiger partial charge on any atom is -0.394 e. The molecule has 0 amide bonds. The molecule has 3 heterocycles. The third-order valence-corrected chi connectivity index (χ3v) is 5.92. The van der Waals surface area contributed by atoms with E-state index >= 15 is 0 Å². The van der Waals surface area contributed by atoms with Crippen molar-refractivity contribution < 1.29 is 20.1 Å². The van der Waals surface area contributed by atoms with E-state index in [1.165, 1.54) is 28.2 Å². The summed E-state index contributed by atoms with van der Waals surface area (Å²) in [5.74, 6) is 0.973. The molecule has 0 bridgehead atoms. The quantitative estimate of drug-likeness (QED) is 0.214. The van der Waals surface area contributed by atoms with Crippen LogP contribution in [0.25, 0.3) is 11.2 Å². The molecule has 0 unspecified atom stereocenters. The Hall–Kier alpha value is -1.89. The number of nitrogen functional groups attached to an aromatic ring is 1. The van der Waals surface area contributed by atoms with Crippen LogP contribution in [-0.4, -0.2) is 65.5 Å². The molecule has 11 heteroatoms. The molecule has 2 aromatic heterocycles. The molecule has 1 aliphatic heterocycles. The van der Waals surface area contributed by atoms with Crippen molar-refractivity contribution in [2.45, 2.75) is 41.0 Å². The largest absolute Gasteiger partial charge is 0.394 e. The number of fused-ring (bicyclic) bond motifs is 1. The van der Waals surface area contributed by atoms with Crippen molar-refractivity contribution in [2.24, 2.45) is 0 Å². The van der Waals surface area contributed by atoms with Crippen LogP contribution in [0, 0.1) is 0 Å². The molecule has 4 atom stereocenters. The third-order valence-electron chi connectivity index (χ3n) is 4.78. The standard InChI is InChI=1S/C18H21N5O4S2/c19-15-12-16(23(8-20-12)17-14(26)13(25)11(7-24)27-17)22-18(21-15)29-6-5-9-1-3-10(28)4-2-9/h1-4,8,11,13-14,17,24-26,28H,5-7H2,(H2,19,21,22)/t11-,13-,14-,17-/m1/s1. The van der Waals surface area contributed by atoms with E-state index < -0.39 is 31.1 Å². The normalized spacial score (nSPS) is 24.4. The van der Waals surface area contributed by atoms with Crippen LogP contribution < -0.4 is 5.73 Å². The lowest BCUT2D eigenvalue weighted by molar-refractivity contribution is -0.0511. The Bertz CT molecular complexity index is 1000. The van der Waals surface area contributed by atoms with Gasteiger partial charge in [0.2, 0.25) is 0 Å². The van der Waals surface area contributed by atoms with Gasteiger partial charge in [-0.15, -0.1) is 12.6 Å². The summed E-state index contributed by atoms with van der Waals surface area (Å²) < 4.78 is 7.08. The number of aryl methyl sites for hydroxylation is 1. The van der Waals surface area contributed by atoms with Gasteiger partial charge in [0.15, 0.2) is 22.8 Å². The fourth-order valence-corrected chi connectivity index (χ4v) is 4.18. The molecule has 1 aromatic carbocycles. The van der Waals surface area contributed by atoms with Crippen molar-refractivity contribution in [2.75, 3.05) is 18.1 Å². The number of thioether (sulfide) groups is 1. The van der Waals surface area contributed by atoms with Crippen molar-refractivity contribution in [1.29, 1.82) is 0 Å². The zero-order valence-electron chi connectivity index (χ0n) is 15.3. The lowest BCUT2D eigenvalue weighted by Crippen LogP contribution is -2.33. The molecule has 1 saturated heterocycles. The molecule has 0 aliphatic carbocycles. The van der Waals surface area contributed by atoms with Gasteiger partial charge in [-0.05, 0) is 24.1 Å². The van der Waals surface area contributed by atoms with Gasteiger partial charge in [-0.25, -0.2) is 15.0 Å². The van der Waals surface area contributed by atoms with Gasteiger partial charge in [0.25, 0.3) is 0 Å². The molecule has 0 radical (unpaired) electrons. The first-order valence-electron chi connectivity index (χ1n) is 9.01. The van der Waals surface area contributed by atoms with Crippen LogP contribution >= 0.6 is 24.4 Å². The van der Waals surface area contributed by atoms with Crippen molar-refractivity contribution in [3.05, 3.63) is 36.2 Å². The number of benzene rings is 1. The van der Waals surface area contributed by atoms with Crippen molar-refractivity contribution >= 4 is 41.4 Å². The van der Waals surface area contributed by atoms with Crippen LogP contribution in [-0.2, 0) is 11.2 Å². The van der Waals surface area contributed by atoms with Crippen molar-refractivity contribution in [3.63, 3.8) is 0 Å². The average Bonchev–Trinajstić information content (AvgIpc) is 3.25. The maximum atomic E-state index is 10.3. The second kappa shape index (κ2) is 8.46. The number of aromatic nitrogens is 4. The highest BCUT2D eigenvalue weighted by Crippen LogP contribution is 2.32. The van der Waals surface area contributed by atoms with Gasteiger partial charge in [-0.1, -0.05) is 23.9 Å². The second-order valence-electron chi connectivity index (χ2n) is 6.71. The highest BCUT2D eigenvalue weighted by molar-refractivity contribution is 7.99. The van der Waals surface area contributed by atoms with E-state index in [1.54, 1.807) is 0 Å². The van der Waals surface area contributed by atoms with Gasteiger partial charge in [-0.3, -0.25) is 4.57 Å². The van der Waals surface area contributed by atoms with Crippen LogP contribution in [0.2, 0.25) is 0 Å². The van der Waals surface area contributed by atoms with E-state index in [2.05, 4.69) is 27.6 Å². The number of aliphatic hydroxyl groups is 3. The average molecular weight is 436 g/mol. The number of anilines is 1. The summed E-state index contributed by atoms with van der Waals surface area (Å²) in [6.07, 6.45) is -1.99. The first-order valence-corrected chi connectivity index (χ1v) is 10.4. The Morgan fingerprint density at radius 3 is 2.62 bits per heavy atom. The fourth-order valence-electron chi connectivity index (χ4n) is 3.20. The summed E-state index contributed by atoms with van der Waals surface area (Å²) in [6.45, 7) is -0.409. The Morgan fingerprint density at radius 2 is 1.93 bits per heavy atom. The summed E-state index contributed by atoms with van der Waals surface area (Å²) in [7, 11) is 0. The number of nitrogens with zero attached hydrogens (tertiary/aromatic N) is 4. The minimum atomic E-state index is -1.23.